The van der Waals surface area contributed by atoms with Gasteiger partial charge in [-0.2, -0.15) is 0 Å². The van der Waals surface area contributed by atoms with Crippen molar-refractivity contribution in [2.45, 2.75) is 18.3 Å². The molecular formula is C15H16N2. The third-order valence-electron chi connectivity index (χ3n) is 3.55. The van der Waals surface area contributed by atoms with Gasteiger partial charge in [-0.25, -0.2) is 0 Å². The zero-order valence-corrected chi connectivity index (χ0v) is 9.76. The Morgan fingerprint density at radius 1 is 1.00 bits per heavy atom. The average Bonchev–Trinajstić information content (AvgIpc) is 3.20. The van der Waals surface area contributed by atoms with Crippen molar-refractivity contribution < 1.29 is 0 Å². The lowest BCUT2D eigenvalue weighted by Crippen LogP contribution is -2.19. The Labute approximate surface area is 102 Å². The molecule has 1 heterocycles. The first-order valence-electron chi connectivity index (χ1n) is 6.09. The quantitative estimate of drug-likeness (QED) is 0.862. The van der Waals surface area contributed by atoms with E-state index in [9.17, 15) is 0 Å². The van der Waals surface area contributed by atoms with Crippen LogP contribution in [0.2, 0.25) is 0 Å². The highest BCUT2D eigenvalue weighted by molar-refractivity contribution is 5.43. The fourth-order valence-corrected chi connectivity index (χ4v) is 2.25. The zero-order chi connectivity index (χ0) is 11.6. The molecule has 86 valence electrons. The van der Waals surface area contributed by atoms with E-state index >= 15 is 0 Å². The highest BCUT2D eigenvalue weighted by atomic mass is 14.9. The SMILES string of the molecule is c1ccc(C2(CNc3ccncc3)CC2)cc1. The number of benzene rings is 1. The van der Waals surface area contributed by atoms with E-state index in [0.717, 1.165) is 12.2 Å². The van der Waals surface area contributed by atoms with Crippen molar-refractivity contribution in [1.82, 2.24) is 4.98 Å². The molecule has 0 spiro atoms. The maximum atomic E-state index is 4.02. The van der Waals surface area contributed by atoms with Crippen molar-refractivity contribution in [1.29, 1.82) is 0 Å². The molecule has 1 aliphatic rings. The van der Waals surface area contributed by atoms with Crippen LogP contribution in [0.3, 0.4) is 0 Å². The van der Waals surface area contributed by atoms with E-state index < -0.39 is 0 Å². The Kier molecular flexibility index (Phi) is 2.56. The second kappa shape index (κ2) is 4.21. The molecule has 1 saturated carbocycles. The number of nitrogens with one attached hydrogen (secondary N) is 1. The van der Waals surface area contributed by atoms with Crippen LogP contribution in [-0.2, 0) is 5.41 Å². The molecular weight excluding hydrogens is 208 g/mol. The van der Waals surface area contributed by atoms with Gasteiger partial charge in [-0.15, -0.1) is 0 Å². The molecule has 2 heteroatoms. The molecule has 0 unspecified atom stereocenters. The van der Waals surface area contributed by atoms with Crippen LogP contribution in [0.25, 0.3) is 0 Å². The predicted octanol–water partition coefficient (Wildman–Crippen LogP) is 3.23. The summed E-state index contributed by atoms with van der Waals surface area (Å²) in [5.74, 6) is 0. The molecule has 1 aromatic heterocycles. The highest BCUT2D eigenvalue weighted by Gasteiger charge is 2.43. The Balaban J connectivity index is 1.70. The minimum absolute atomic E-state index is 0.366. The lowest BCUT2D eigenvalue weighted by atomic mass is 9.96. The van der Waals surface area contributed by atoms with Crippen LogP contribution in [0.5, 0.6) is 0 Å². The Morgan fingerprint density at radius 3 is 2.35 bits per heavy atom. The molecule has 0 radical (unpaired) electrons. The van der Waals surface area contributed by atoms with Gasteiger partial charge in [0.25, 0.3) is 0 Å². The van der Waals surface area contributed by atoms with E-state index in [1.165, 1.54) is 18.4 Å². The van der Waals surface area contributed by atoms with Gasteiger partial charge in [0.2, 0.25) is 0 Å². The summed E-state index contributed by atoms with van der Waals surface area (Å²) < 4.78 is 0. The summed E-state index contributed by atoms with van der Waals surface area (Å²) in [5.41, 5.74) is 2.98. The van der Waals surface area contributed by atoms with E-state index in [-0.39, 0.29) is 0 Å². The largest absolute Gasteiger partial charge is 0.384 e. The maximum absolute atomic E-state index is 4.02. The fraction of sp³-hybridized carbons (Fsp3) is 0.267. The van der Waals surface area contributed by atoms with E-state index in [1.807, 2.05) is 24.5 Å². The summed E-state index contributed by atoms with van der Waals surface area (Å²) in [7, 11) is 0. The molecule has 1 fully saturated rings. The summed E-state index contributed by atoms with van der Waals surface area (Å²) in [6, 6.07) is 14.8. The molecule has 1 N–H and O–H groups in total. The van der Waals surface area contributed by atoms with Crippen molar-refractivity contribution in [3.8, 4) is 0 Å². The van der Waals surface area contributed by atoms with Gasteiger partial charge >= 0.3 is 0 Å². The van der Waals surface area contributed by atoms with Crippen molar-refractivity contribution in [2.75, 3.05) is 11.9 Å². The third-order valence-corrected chi connectivity index (χ3v) is 3.55. The number of anilines is 1. The third kappa shape index (κ3) is 2.16. The van der Waals surface area contributed by atoms with Crippen molar-refractivity contribution in [3.63, 3.8) is 0 Å². The summed E-state index contributed by atoms with van der Waals surface area (Å²) in [4.78, 5) is 4.02. The number of aromatic nitrogens is 1. The smallest absolute Gasteiger partial charge is 0.0371 e. The van der Waals surface area contributed by atoms with Crippen molar-refractivity contribution in [2.24, 2.45) is 0 Å². The number of nitrogens with zero attached hydrogens (tertiary/aromatic N) is 1. The molecule has 1 aliphatic carbocycles. The van der Waals surface area contributed by atoms with Crippen molar-refractivity contribution >= 4 is 5.69 Å². The molecule has 0 aliphatic heterocycles. The van der Waals surface area contributed by atoms with E-state index in [1.54, 1.807) is 0 Å². The van der Waals surface area contributed by atoms with Gasteiger partial charge in [-0.1, -0.05) is 30.3 Å². The number of rotatable bonds is 4. The Bertz CT molecular complexity index is 475. The second-order valence-electron chi connectivity index (χ2n) is 4.74. The molecule has 17 heavy (non-hydrogen) atoms. The van der Waals surface area contributed by atoms with Crippen LogP contribution in [0.1, 0.15) is 18.4 Å². The minimum atomic E-state index is 0.366. The summed E-state index contributed by atoms with van der Waals surface area (Å²) in [6.45, 7) is 1.01. The normalized spacial score (nSPS) is 16.5. The lowest BCUT2D eigenvalue weighted by molar-refractivity contribution is 0.732. The first kappa shape index (κ1) is 10.3. The zero-order valence-electron chi connectivity index (χ0n) is 9.76. The van der Waals surface area contributed by atoms with E-state index in [4.69, 9.17) is 0 Å². The lowest BCUT2D eigenvalue weighted by Gasteiger charge is -2.17. The van der Waals surface area contributed by atoms with Gasteiger partial charge in [-0.05, 0) is 30.5 Å². The van der Waals surface area contributed by atoms with Gasteiger partial charge in [0, 0.05) is 30.0 Å². The van der Waals surface area contributed by atoms with Gasteiger partial charge in [0.05, 0.1) is 0 Å². The first-order valence-corrected chi connectivity index (χ1v) is 6.09. The first-order chi connectivity index (χ1) is 8.39. The molecule has 0 bridgehead atoms. The van der Waals surface area contributed by atoms with Crippen LogP contribution in [0.4, 0.5) is 5.69 Å². The van der Waals surface area contributed by atoms with Gasteiger partial charge in [0.15, 0.2) is 0 Å². The molecule has 2 nitrogen and oxygen atoms in total. The number of pyridine rings is 1. The molecule has 1 aromatic carbocycles. The second-order valence-corrected chi connectivity index (χ2v) is 4.74. The Morgan fingerprint density at radius 2 is 1.71 bits per heavy atom. The van der Waals surface area contributed by atoms with E-state index in [0.29, 0.717) is 5.41 Å². The van der Waals surface area contributed by atoms with Crippen LogP contribution in [-0.4, -0.2) is 11.5 Å². The topological polar surface area (TPSA) is 24.9 Å². The summed E-state index contributed by atoms with van der Waals surface area (Å²) in [6.07, 6.45) is 6.22. The standard InChI is InChI=1S/C15H16N2/c1-2-4-13(5-3-1)15(8-9-15)12-17-14-6-10-16-11-7-14/h1-7,10-11H,8-9,12H2,(H,16,17). The van der Waals surface area contributed by atoms with Gasteiger partial charge in [-0.3, -0.25) is 4.98 Å². The minimum Gasteiger partial charge on any atom is -0.384 e. The monoisotopic (exact) mass is 224 g/mol. The summed E-state index contributed by atoms with van der Waals surface area (Å²) in [5, 5.41) is 3.51. The molecule has 0 amide bonds. The highest BCUT2D eigenvalue weighted by Crippen LogP contribution is 2.47. The van der Waals surface area contributed by atoms with Gasteiger partial charge in [0.1, 0.15) is 0 Å². The molecule has 0 atom stereocenters. The van der Waals surface area contributed by atoms with Crippen LogP contribution >= 0.6 is 0 Å². The summed E-state index contributed by atoms with van der Waals surface area (Å²) >= 11 is 0. The van der Waals surface area contributed by atoms with Crippen LogP contribution in [0, 0.1) is 0 Å². The van der Waals surface area contributed by atoms with Crippen LogP contribution < -0.4 is 5.32 Å². The fourth-order valence-electron chi connectivity index (χ4n) is 2.25. The predicted molar refractivity (Wildman–Crippen MR) is 70.1 cm³/mol. The van der Waals surface area contributed by atoms with E-state index in [2.05, 4.69) is 40.6 Å². The molecule has 3 rings (SSSR count). The van der Waals surface area contributed by atoms with Gasteiger partial charge < -0.3 is 5.32 Å². The number of hydrogen-bond acceptors (Lipinski definition) is 2. The Hall–Kier alpha value is -1.83. The molecule has 0 saturated heterocycles. The number of hydrogen-bond donors (Lipinski definition) is 1. The maximum Gasteiger partial charge on any atom is 0.0371 e. The van der Waals surface area contributed by atoms with Crippen LogP contribution in [0.15, 0.2) is 54.9 Å². The average molecular weight is 224 g/mol. The molecule has 2 aromatic rings. The van der Waals surface area contributed by atoms with Crippen molar-refractivity contribution in [3.05, 3.63) is 60.4 Å².